The van der Waals surface area contributed by atoms with Crippen molar-refractivity contribution in [2.45, 2.75) is 30.7 Å². The van der Waals surface area contributed by atoms with Crippen LogP contribution in [-0.2, 0) is 0 Å². The second-order valence-electron chi connectivity index (χ2n) is 3.43. The highest BCUT2D eigenvalue weighted by molar-refractivity contribution is 9.10. The molecule has 1 atom stereocenters. The van der Waals surface area contributed by atoms with Crippen molar-refractivity contribution in [3.05, 3.63) is 28.7 Å². The number of thioether (sulfide) groups is 1. The zero-order valence-corrected chi connectivity index (χ0v) is 10.8. The molecule has 0 radical (unpaired) electrons. The van der Waals surface area contributed by atoms with Gasteiger partial charge in [-0.3, -0.25) is 0 Å². The van der Waals surface area contributed by atoms with E-state index in [9.17, 15) is 0 Å². The molecule has 0 amide bonds. The van der Waals surface area contributed by atoms with E-state index in [2.05, 4.69) is 41.1 Å². The molecule has 0 saturated carbocycles. The molecule has 14 heavy (non-hydrogen) atoms. The summed E-state index contributed by atoms with van der Waals surface area (Å²) in [6.45, 7) is 2.06. The average molecular weight is 274 g/mol. The van der Waals surface area contributed by atoms with Gasteiger partial charge in [-0.2, -0.15) is 0 Å². The third kappa shape index (κ3) is 5.03. The molecular formula is C11H16BrNS. The third-order valence-electron chi connectivity index (χ3n) is 1.87. The molecule has 1 nitrogen and oxygen atoms in total. The van der Waals surface area contributed by atoms with Gasteiger partial charge >= 0.3 is 0 Å². The quantitative estimate of drug-likeness (QED) is 0.655. The van der Waals surface area contributed by atoms with Gasteiger partial charge in [-0.05, 0) is 43.7 Å². The maximum absolute atomic E-state index is 5.68. The van der Waals surface area contributed by atoms with E-state index in [-0.39, 0.29) is 0 Å². The first-order valence-corrected chi connectivity index (χ1v) is 6.60. The molecule has 0 heterocycles. The molecule has 78 valence electrons. The van der Waals surface area contributed by atoms with Crippen molar-refractivity contribution in [2.75, 3.05) is 5.75 Å². The lowest BCUT2D eigenvalue weighted by Gasteiger charge is -2.04. The van der Waals surface area contributed by atoms with Crippen LogP contribution in [0.3, 0.4) is 0 Å². The van der Waals surface area contributed by atoms with E-state index >= 15 is 0 Å². The van der Waals surface area contributed by atoms with Crippen molar-refractivity contribution in [3.63, 3.8) is 0 Å². The van der Waals surface area contributed by atoms with E-state index in [1.54, 1.807) is 0 Å². The predicted octanol–water partition coefficient (Wildman–Crippen LogP) is 3.67. The normalized spacial score (nSPS) is 12.8. The SMILES string of the molecule is CC(N)CCCSc1cccc(Br)c1. The van der Waals surface area contributed by atoms with Gasteiger partial charge in [0.2, 0.25) is 0 Å². The van der Waals surface area contributed by atoms with Crippen LogP contribution in [0, 0.1) is 0 Å². The van der Waals surface area contributed by atoms with Crippen LogP contribution in [0.4, 0.5) is 0 Å². The Labute approximate surface area is 98.6 Å². The Hall–Kier alpha value is 0.01000. The lowest BCUT2D eigenvalue weighted by Crippen LogP contribution is -2.14. The van der Waals surface area contributed by atoms with E-state index in [0.717, 1.165) is 16.6 Å². The van der Waals surface area contributed by atoms with Crippen LogP contribution in [0.5, 0.6) is 0 Å². The zero-order chi connectivity index (χ0) is 10.4. The van der Waals surface area contributed by atoms with E-state index < -0.39 is 0 Å². The second kappa shape index (κ2) is 6.49. The summed E-state index contributed by atoms with van der Waals surface area (Å²) in [4.78, 5) is 1.32. The van der Waals surface area contributed by atoms with Gasteiger partial charge in [-0.1, -0.05) is 22.0 Å². The minimum Gasteiger partial charge on any atom is -0.328 e. The van der Waals surface area contributed by atoms with Crippen molar-refractivity contribution in [1.82, 2.24) is 0 Å². The number of hydrogen-bond acceptors (Lipinski definition) is 2. The minimum atomic E-state index is 0.332. The number of hydrogen-bond donors (Lipinski definition) is 1. The summed E-state index contributed by atoms with van der Waals surface area (Å²) in [6.07, 6.45) is 2.30. The summed E-state index contributed by atoms with van der Waals surface area (Å²) >= 11 is 5.35. The lowest BCUT2D eigenvalue weighted by atomic mass is 10.2. The largest absolute Gasteiger partial charge is 0.328 e. The molecule has 1 aromatic rings. The van der Waals surface area contributed by atoms with Crippen molar-refractivity contribution in [2.24, 2.45) is 5.73 Å². The highest BCUT2D eigenvalue weighted by Crippen LogP contribution is 2.22. The van der Waals surface area contributed by atoms with Crippen LogP contribution in [0.2, 0.25) is 0 Å². The van der Waals surface area contributed by atoms with E-state index in [0.29, 0.717) is 6.04 Å². The maximum Gasteiger partial charge on any atom is 0.0186 e. The molecule has 1 unspecified atom stereocenters. The molecule has 0 saturated heterocycles. The number of benzene rings is 1. The average Bonchev–Trinajstić information content (AvgIpc) is 2.12. The molecule has 1 rings (SSSR count). The van der Waals surface area contributed by atoms with Crippen LogP contribution < -0.4 is 5.73 Å². The summed E-state index contributed by atoms with van der Waals surface area (Å²) in [5, 5.41) is 0. The molecule has 0 aliphatic carbocycles. The summed E-state index contributed by atoms with van der Waals surface area (Å²) in [6, 6.07) is 8.74. The Morgan fingerprint density at radius 1 is 1.50 bits per heavy atom. The highest BCUT2D eigenvalue weighted by Gasteiger charge is 1.97. The molecule has 1 aromatic carbocycles. The van der Waals surface area contributed by atoms with E-state index in [1.807, 2.05) is 17.8 Å². The number of rotatable bonds is 5. The van der Waals surface area contributed by atoms with Crippen LogP contribution >= 0.6 is 27.7 Å². The van der Waals surface area contributed by atoms with Gasteiger partial charge in [0, 0.05) is 15.4 Å². The van der Waals surface area contributed by atoms with Crippen molar-refractivity contribution in [1.29, 1.82) is 0 Å². The molecule has 0 aromatic heterocycles. The van der Waals surface area contributed by atoms with Crippen LogP contribution in [-0.4, -0.2) is 11.8 Å². The molecule has 0 spiro atoms. The lowest BCUT2D eigenvalue weighted by molar-refractivity contribution is 0.656. The topological polar surface area (TPSA) is 26.0 Å². The molecular weight excluding hydrogens is 258 g/mol. The third-order valence-corrected chi connectivity index (χ3v) is 3.44. The van der Waals surface area contributed by atoms with Crippen LogP contribution in [0.25, 0.3) is 0 Å². The first-order chi connectivity index (χ1) is 6.68. The molecule has 3 heteroatoms. The Kier molecular flexibility index (Phi) is 5.60. The van der Waals surface area contributed by atoms with Gasteiger partial charge in [0.25, 0.3) is 0 Å². The minimum absolute atomic E-state index is 0.332. The monoisotopic (exact) mass is 273 g/mol. The van der Waals surface area contributed by atoms with Crippen molar-refractivity contribution in [3.8, 4) is 0 Å². The molecule has 0 aliphatic heterocycles. The van der Waals surface area contributed by atoms with E-state index in [4.69, 9.17) is 5.73 Å². The second-order valence-corrected chi connectivity index (χ2v) is 5.51. The maximum atomic E-state index is 5.68. The Balaban J connectivity index is 2.25. The van der Waals surface area contributed by atoms with Gasteiger partial charge in [0.15, 0.2) is 0 Å². The zero-order valence-electron chi connectivity index (χ0n) is 8.37. The summed E-state index contributed by atoms with van der Waals surface area (Å²) in [5.41, 5.74) is 5.68. The smallest absolute Gasteiger partial charge is 0.0186 e. The highest BCUT2D eigenvalue weighted by atomic mass is 79.9. The first kappa shape index (κ1) is 12.1. The van der Waals surface area contributed by atoms with Crippen LogP contribution in [0.15, 0.2) is 33.6 Å². The Morgan fingerprint density at radius 3 is 2.93 bits per heavy atom. The van der Waals surface area contributed by atoms with E-state index in [1.165, 1.54) is 11.3 Å². The molecule has 0 fully saturated rings. The van der Waals surface area contributed by atoms with Gasteiger partial charge < -0.3 is 5.73 Å². The molecule has 0 aliphatic rings. The summed E-state index contributed by atoms with van der Waals surface area (Å²) in [7, 11) is 0. The van der Waals surface area contributed by atoms with Gasteiger partial charge in [0.05, 0.1) is 0 Å². The van der Waals surface area contributed by atoms with Crippen molar-refractivity contribution >= 4 is 27.7 Å². The fourth-order valence-electron chi connectivity index (χ4n) is 1.15. The number of nitrogens with two attached hydrogens (primary N) is 1. The first-order valence-electron chi connectivity index (χ1n) is 4.82. The van der Waals surface area contributed by atoms with Gasteiger partial charge in [-0.25, -0.2) is 0 Å². The predicted molar refractivity (Wildman–Crippen MR) is 67.7 cm³/mol. The van der Waals surface area contributed by atoms with Crippen molar-refractivity contribution < 1.29 is 0 Å². The summed E-state index contributed by atoms with van der Waals surface area (Å²) in [5.74, 6) is 1.15. The fraction of sp³-hybridized carbons (Fsp3) is 0.455. The molecule has 0 bridgehead atoms. The van der Waals surface area contributed by atoms with Gasteiger partial charge in [0.1, 0.15) is 0 Å². The Bertz CT molecular complexity index is 276. The van der Waals surface area contributed by atoms with Crippen LogP contribution in [0.1, 0.15) is 19.8 Å². The van der Waals surface area contributed by atoms with Gasteiger partial charge in [-0.15, -0.1) is 11.8 Å². The fourth-order valence-corrected chi connectivity index (χ4v) is 2.63. The summed E-state index contributed by atoms with van der Waals surface area (Å²) < 4.78 is 1.15. The standard InChI is InChI=1S/C11H16BrNS/c1-9(13)4-3-7-14-11-6-2-5-10(12)8-11/h2,5-6,8-9H,3-4,7,13H2,1H3. The Morgan fingerprint density at radius 2 is 2.29 bits per heavy atom. The molecule has 2 N–H and O–H groups in total. The number of halogens is 1.